The third-order valence-electron chi connectivity index (χ3n) is 2.10. The van der Waals surface area contributed by atoms with Crippen LogP contribution in [-0.4, -0.2) is 56.8 Å². The average Bonchev–Trinajstić information content (AvgIpc) is 2.15. The van der Waals surface area contributed by atoms with Gasteiger partial charge >= 0.3 is 11.9 Å². The molecule has 0 aliphatic rings. The Labute approximate surface area is 126 Å². The third-order valence-corrected chi connectivity index (χ3v) is 2.10. The molecule has 5 nitrogen and oxygen atoms in total. The van der Waals surface area contributed by atoms with Gasteiger partial charge in [0.25, 0.3) is 0 Å². The predicted octanol–water partition coefficient (Wildman–Crippen LogP) is -2.03. The molecule has 108 valence electrons. The van der Waals surface area contributed by atoms with Crippen LogP contribution in [0.15, 0.2) is 0 Å². The molecule has 0 rings (SSSR count). The van der Waals surface area contributed by atoms with E-state index in [9.17, 15) is 9.59 Å². The Kier molecular flexibility index (Phi) is 10.6. The van der Waals surface area contributed by atoms with E-state index in [4.69, 9.17) is 9.47 Å². The van der Waals surface area contributed by atoms with Gasteiger partial charge in [-0.25, -0.2) is 4.79 Å². The zero-order chi connectivity index (χ0) is 13.5. The number of quaternary nitrogens is 1. The molecule has 6 heteroatoms. The van der Waals surface area contributed by atoms with E-state index < -0.39 is 12.1 Å². The smallest absolute Gasteiger partial charge is 0.347 e. The minimum Gasteiger partial charge on any atom is -1.00 e. The highest BCUT2D eigenvalue weighted by molar-refractivity contribution is 5.78. The molecule has 0 fully saturated rings. The fraction of sp³-hybridized carbons (Fsp3) is 0.833. The van der Waals surface area contributed by atoms with Gasteiger partial charge in [-0.15, -0.1) is 0 Å². The van der Waals surface area contributed by atoms with Gasteiger partial charge in [-0.3, -0.25) is 4.79 Å². The molecule has 0 amide bonds. The van der Waals surface area contributed by atoms with Gasteiger partial charge in [0.05, 0.1) is 21.1 Å². The number of esters is 2. The molecule has 1 atom stereocenters. The van der Waals surface area contributed by atoms with E-state index >= 15 is 0 Å². The summed E-state index contributed by atoms with van der Waals surface area (Å²) in [5.41, 5.74) is 0. The fourth-order valence-electron chi connectivity index (χ4n) is 1.05. The first-order valence-corrected chi connectivity index (χ1v) is 5.93. The number of nitrogens with zero attached hydrogens (tertiary/aromatic N) is 1. The van der Waals surface area contributed by atoms with Crippen LogP contribution in [-0.2, 0) is 19.1 Å². The maximum Gasteiger partial charge on any atom is 0.347 e. The quantitative estimate of drug-likeness (QED) is 0.294. The van der Waals surface area contributed by atoms with Crippen molar-refractivity contribution in [1.29, 1.82) is 0 Å². The van der Waals surface area contributed by atoms with Crippen LogP contribution in [0.25, 0.3) is 0 Å². The molecule has 0 saturated carbocycles. The number of carbonyl (C=O) groups is 2. The van der Waals surface area contributed by atoms with Gasteiger partial charge in [0.15, 0.2) is 6.10 Å². The van der Waals surface area contributed by atoms with Crippen molar-refractivity contribution in [3.63, 3.8) is 0 Å². The Bertz CT molecular complexity index is 263. The Balaban J connectivity index is 0. The summed E-state index contributed by atoms with van der Waals surface area (Å²) in [7, 11) is 6.04. The highest BCUT2D eigenvalue weighted by Crippen LogP contribution is 2.00. The largest absolute Gasteiger partial charge is 1.00 e. The van der Waals surface area contributed by atoms with Crippen molar-refractivity contribution in [3.05, 3.63) is 0 Å². The van der Waals surface area contributed by atoms with E-state index in [0.29, 0.717) is 19.4 Å². The van der Waals surface area contributed by atoms with E-state index in [1.54, 1.807) is 0 Å². The van der Waals surface area contributed by atoms with Crippen LogP contribution >= 0.6 is 0 Å². The van der Waals surface area contributed by atoms with Crippen LogP contribution in [0.1, 0.15) is 26.7 Å². The Morgan fingerprint density at radius 2 is 1.78 bits per heavy atom. The normalized spacial score (nSPS) is 12.3. The summed E-state index contributed by atoms with van der Waals surface area (Å²) in [6.07, 6.45) is 0.222. The van der Waals surface area contributed by atoms with Gasteiger partial charge in [-0.2, -0.15) is 0 Å². The molecule has 0 aromatic rings. The lowest BCUT2D eigenvalue weighted by molar-refractivity contribution is -0.870. The van der Waals surface area contributed by atoms with Gasteiger partial charge in [0.1, 0.15) is 13.2 Å². The van der Waals surface area contributed by atoms with Crippen LogP contribution in [0.3, 0.4) is 0 Å². The highest BCUT2D eigenvalue weighted by Gasteiger charge is 2.19. The van der Waals surface area contributed by atoms with Crippen LogP contribution in [0, 0.1) is 0 Å². The van der Waals surface area contributed by atoms with Gasteiger partial charge in [0.2, 0.25) is 0 Å². The van der Waals surface area contributed by atoms with Crippen molar-refractivity contribution in [3.8, 4) is 0 Å². The van der Waals surface area contributed by atoms with Gasteiger partial charge in [-0.1, -0.05) is 6.92 Å². The van der Waals surface area contributed by atoms with E-state index in [1.807, 2.05) is 28.1 Å². The summed E-state index contributed by atoms with van der Waals surface area (Å²) in [4.78, 5) is 22.6. The highest BCUT2D eigenvalue weighted by atomic mass is 127. The predicted molar refractivity (Wildman–Crippen MR) is 64.3 cm³/mol. The molecule has 0 N–H and O–H groups in total. The second kappa shape index (κ2) is 9.55. The summed E-state index contributed by atoms with van der Waals surface area (Å²) >= 11 is 0. The van der Waals surface area contributed by atoms with Crippen molar-refractivity contribution in [2.24, 2.45) is 0 Å². The summed E-state index contributed by atoms with van der Waals surface area (Å²) in [6.45, 7) is 4.46. The van der Waals surface area contributed by atoms with Crippen molar-refractivity contribution < 1.29 is 47.5 Å². The SMILES string of the molecule is CCCC(=O)OC(C)C(=O)OCC[N+](C)(C)C.[I-]. The molecule has 1 unspecified atom stereocenters. The fourth-order valence-corrected chi connectivity index (χ4v) is 1.05. The van der Waals surface area contributed by atoms with Crippen molar-refractivity contribution in [1.82, 2.24) is 0 Å². The molecule has 0 spiro atoms. The molecule has 0 bridgehead atoms. The Morgan fingerprint density at radius 3 is 2.22 bits per heavy atom. The molecule has 0 aliphatic carbocycles. The first-order valence-electron chi connectivity index (χ1n) is 5.93. The number of ether oxygens (including phenoxy) is 2. The number of carbonyl (C=O) groups excluding carboxylic acids is 2. The van der Waals surface area contributed by atoms with Crippen LogP contribution in [0.2, 0.25) is 0 Å². The molecular formula is C12H24INO4. The maximum atomic E-state index is 11.5. The molecule has 0 radical (unpaired) electrons. The molecule has 18 heavy (non-hydrogen) atoms. The van der Waals surface area contributed by atoms with Crippen LogP contribution in [0.4, 0.5) is 0 Å². The van der Waals surface area contributed by atoms with E-state index in [0.717, 1.165) is 11.0 Å². The number of hydrogen-bond donors (Lipinski definition) is 0. The Morgan fingerprint density at radius 1 is 1.22 bits per heavy atom. The zero-order valence-electron chi connectivity index (χ0n) is 11.9. The monoisotopic (exact) mass is 373 g/mol. The summed E-state index contributed by atoms with van der Waals surface area (Å²) in [5, 5.41) is 0. The first-order chi connectivity index (χ1) is 7.76. The topological polar surface area (TPSA) is 52.6 Å². The number of hydrogen-bond acceptors (Lipinski definition) is 4. The summed E-state index contributed by atoms with van der Waals surface area (Å²) in [6, 6.07) is 0. The average molecular weight is 373 g/mol. The second-order valence-electron chi connectivity index (χ2n) is 5.06. The Hall–Kier alpha value is -0.370. The van der Waals surface area contributed by atoms with Crippen LogP contribution in [0.5, 0.6) is 0 Å². The molecule has 0 saturated heterocycles. The molecule has 0 aromatic carbocycles. The molecule has 0 heterocycles. The minimum absolute atomic E-state index is 0. The minimum atomic E-state index is -0.818. The van der Waals surface area contributed by atoms with Crippen molar-refractivity contribution in [2.75, 3.05) is 34.3 Å². The third kappa shape index (κ3) is 10.8. The maximum absolute atomic E-state index is 11.5. The van der Waals surface area contributed by atoms with Crippen LogP contribution < -0.4 is 24.0 Å². The van der Waals surface area contributed by atoms with E-state index in [-0.39, 0.29) is 29.9 Å². The van der Waals surface area contributed by atoms with Crippen molar-refractivity contribution in [2.45, 2.75) is 32.8 Å². The van der Waals surface area contributed by atoms with Gasteiger partial charge < -0.3 is 37.9 Å². The molecule has 0 aliphatic heterocycles. The number of rotatable bonds is 7. The summed E-state index contributed by atoms with van der Waals surface area (Å²) in [5.74, 6) is -0.841. The lowest BCUT2D eigenvalue weighted by Crippen LogP contribution is -3.00. The molecule has 0 aromatic heterocycles. The lowest BCUT2D eigenvalue weighted by atomic mass is 10.3. The number of likely N-dealkylation sites (N-methyl/N-ethyl adjacent to an activating group) is 1. The standard InChI is InChI=1S/C12H24NO4.HI/c1-6-7-11(14)17-10(2)12(15)16-9-8-13(3,4)5;/h10H,6-9H2,1-5H3;1H/q+1;/p-1. The first kappa shape index (κ1) is 20.0. The van der Waals surface area contributed by atoms with Crippen molar-refractivity contribution >= 4 is 11.9 Å². The van der Waals surface area contributed by atoms with E-state index in [1.165, 1.54) is 6.92 Å². The van der Waals surface area contributed by atoms with Gasteiger partial charge in [0, 0.05) is 6.42 Å². The molecular weight excluding hydrogens is 349 g/mol. The summed E-state index contributed by atoms with van der Waals surface area (Å²) < 4.78 is 10.7. The lowest BCUT2D eigenvalue weighted by Gasteiger charge is -2.23. The zero-order valence-corrected chi connectivity index (χ0v) is 14.0. The van der Waals surface area contributed by atoms with Gasteiger partial charge in [-0.05, 0) is 13.3 Å². The second-order valence-corrected chi connectivity index (χ2v) is 5.06. The number of halogens is 1. The van der Waals surface area contributed by atoms with E-state index in [2.05, 4.69) is 0 Å².